The molecule has 0 N–H and O–H groups in total. The number of pyridine rings is 1. The highest BCUT2D eigenvalue weighted by atomic mass is 19.4. The summed E-state index contributed by atoms with van der Waals surface area (Å²) in [6.45, 7) is 6.07. The molecule has 2 aliphatic heterocycles. The Labute approximate surface area is 182 Å². The van der Waals surface area contributed by atoms with E-state index in [0.717, 1.165) is 51.6 Å². The van der Waals surface area contributed by atoms with Crippen molar-refractivity contribution in [3.63, 3.8) is 0 Å². The molecule has 0 radical (unpaired) electrons. The minimum absolute atomic E-state index is 0.114. The lowest BCUT2D eigenvalue weighted by Crippen LogP contribution is -2.59. The molecule has 2 aromatic rings. The first-order chi connectivity index (χ1) is 15.0. The van der Waals surface area contributed by atoms with Crippen LogP contribution >= 0.6 is 0 Å². The second-order valence-electron chi connectivity index (χ2n) is 8.58. The third kappa shape index (κ3) is 5.45. The lowest BCUT2D eigenvalue weighted by Gasteiger charge is -2.50. The highest BCUT2D eigenvalue weighted by Gasteiger charge is 2.40. The molecule has 0 amide bonds. The molecule has 168 valence electrons. The summed E-state index contributed by atoms with van der Waals surface area (Å²) < 4.78 is 45.8. The largest absolute Gasteiger partial charge is 0.418 e. The van der Waals surface area contributed by atoms with Crippen molar-refractivity contribution < 1.29 is 17.9 Å². The smallest absolute Gasteiger partial charge is 0.381 e. The average Bonchev–Trinajstić information content (AvgIpc) is 2.79. The topological polar surface area (TPSA) is 28.6 Å². The average molecular weight is 434 g/mol. The number of alkyl halides is 3. The molecule has 4 rings (SSSR count). The van der Waals surface area contributed by atoms with E-state index in [1.54, 1.807) is 0 Å². The van der Waals surface area contributed by atoms with Crippen LogP contribution in [0.2, 0.25) is 0 Å². The maximum atomic E-state index is 13.4. The van der Waals surface area contributed by atoms with Crippen LogP contribution in [0.3, 0.4) is 0 Å². The fourth-order valence-corrected chi connectivity index (χ4v) is 4.94. The number of hydrogen-bond donors (Lipinski definition) is 0. The van der Waals surface area contributed by atoms with E-state index in [2.05, 4.69) is 39.0 Å². The molecule has 0 spiro atoms. The van der Waals surface area contributed by atoms with E-state index < -0.39 is 11.7 Å². The molecule has 0 unspecified atom stereocenters. The molecule has 1 aromatic heterocycles. The molecule has 4 nitrogen and oxygen atoms in total. The van der Waals surface area contributed by atoms with Crippen LogP contribution in [-0.4, -0.2) is 59.7 Å². The SMILES string of the molecule is FC(F)(F)c1cccnc1CCC1(N2CCN(Cc3ccccc3)CC2)CCOCC1. The van der Waals surface area contributed by atoms with Gasteiger partial charge in [-0.3, -0.25) is 14.8 Å². The lowest BCUT2D eigenvalue weighted by molar-refractivity contribution is -0.138. The zero-order valence-corrected chi connectivity index (χ0v) is 17.8. The number of piperazine rings is 1. The molecular weight excluding hydrogens is 403 g/mol. The Balaban J connectivity index is 1.42. The van der Waals surface area contributed by atoms with Gasteiger partial charge in [0.1, 0.15) is 0 Å². The van der Waals surface area contributed by atoms with Gasteiger partial charge < -0.3 is 4.74 Å². The number of nitrogens with zero attached hydrogens (tertiary/aromatic N) is 3. The van der Waals surface area contributed by atoms with Crippen molar-refractivity contribution in [2.45, 2.75) is 43.9 Å². The molecule has 2 aliphatic rings. The zero-order valence-electron chi connectivity index (χ0n) is 17.8. The number of ether oxygens (including phenoxy) is 1. The van der Waals surface area contributed by atoms with Crippen LogP contribution in [0, 0.1) is 0 Å². The summed E-state index contributed by atoms with van der Waals surface area (Å²) in [5, 5.41) is 0. The standard InChI is InChI=1S/C24H30F3N3O/c25-24(26,27)21-7-4-12-28-22(21)8-9-23(10-17-31-18-11-23)30-15-13-29(14-16-30)19-20-5-2-1-3-6-20/h1-7,12H,8-11,13-19H2. The van der Waals surface area contributed by atoms with Gasteiger partial charge in [-0.25, -0.2) is 0 Å². The summed E-state index contributed by atoms with van der Waals surface area (Å²) in [7, 11) is 0. The van der Waals surface area contributed by atoms with Crippen LogP contribution in [0.5, 0.6) is 0 Å². The van der Waals surface area contributed by atoms with Crippen molar-refractivity contribution in [2.75, 3.05) is 39.4 Å². The van der Waals surface area contributed by atoms with E-state index in [0.29, 0.717) is 26.1 Å². The van der Waals surface area contributed by atoms with Gasteiger partial charge in [0.15, 0.2) is 0 Å². The Morgan fingerprint density at radius 3 is 2.32 bits per heavy atom. The number of rotatable bonds is 6. The maximum absolute atomic E-state index is 13.4. The van der Waals surface area contributed by atoms with Crippen molar-refractivity contribution in [3.8, 4) is 0 Å². The predicted molar refractivity (Wildman–Crippen MR) is 114 cm³/mol. The lowest BCUT2D eigenvalue weighted by atomic mass is 9.82. The molecule has 7 heteroatoms. The van der Waals surface area contributed by atoms with Crippen LogP contribution in [0.15, 0.2) is 48.7 Å². The Hall–Kier alpha value is -1.96. The molecule has 0 atom stereocenters. The monoisotopic (exact) mass is 433 g/mol. The van der Waals surface area contributed by atoms with Gasteiger partial charge in [0.25, 0.3) is 0 Å². The Morgan fingerprint density at radius 1 is 0.935 bits per heavy atom. The summed E-state index contributed by atoms with van der Waals surface area (Å²) in [6, 6.07) is 13.0. The number of benzene rings is 1. The molecular formula is C24H30F3N3O. The molecule has 0 saturated carbocycles. The van der Waals surface area contributed by atoms with E-state index >= 15 is 0 Å². The quantitative estimate of drug-likeness (QED) is 0.675. The van der Waals surface area contributed by atoms with E-state index in [9.17, 15) is 13.2 Å². The van der Waals surface area contributed by atoms with Gasteiger partial charge in [-0.2, -0.15) is 13.2 Å². The molecule has 31 heavy (non-hydrogen) atoms. The van der Waals surface area contributed by atoms with Crippen molar-refractivity contribution in [1.29, 1.82) is 0 Å². The first-order valence-corrected chi connectivity index (χ1v) is 11.1. The molecule has 0 aliphatic carbocycles. The first kappa shape index (κ1) is 22.2. The van der Waals surface area contributed by atoms with Gasteiger partial charge in [-0.05, 0) is 43.4 Å². The van der Waals surface area contributed by atoms with E-state index in [4.69, 9.17) is 4.74 Å². The first-order valence-electron chi connectivity index (χ1n) is 11.1. The van der Waals surface area contributed by atoms with Crippen molar-refractivity contribution in [3.05, 3.63) is 65.5 Å². The molecule has 2 fully saturated rings. The summed E-state index contributed by atoms with van der Waals surface area (Å²) >= 11 is 0. The van der Waals surface area contributed by atoms with Crippen molar-refractivity contribution in [2.24, 2.45) is 0 Å². The van der Waals surface area contributed by atoms with Gasteiger partial charge >= 0.3 is 6.18 Å². The van der Waals surface area contributed by atoms with Crippen LogP contribution < -0.4 is 0 Å². The molecule has 2 saturated heterocycles. The van der Waals surface area contributed by atoms with Gasteiger partial charge in [-0.15, -0.1) is 0 Å². The van der Waals surface area contributed by atoms with Crippen LogP contribution in [-0.2, 0) is 23.9 Å². The second kappa shape index (κ2) is 9.67. The molecule has 1 aromatic carbocycles. The summed E-state index contributed by atoms with van der Waals surface area (Å²) in [4.78, 5) is 9.05. The fourth-order valence-electron chi connectivity index (χ4n) is 4.94. The van der Waals surface area contributed by atoms with Gasteiger partial charge in [-0.1, -0.05) is 30.3 Å². The zero-order chi connectivity index (χ0) is 21.7. The van der Waals surface area contributed by atoms with Gasteiger partial charge in [0.05, 0.1) is 11.3 Å². The highest BCUT2D eigenvalue weighted by molar-refractivity contribution is 5.23. The van der Waals surface area contributed by atoms with Crippen molar-refractivity contribution in [1.82, 2.24) is 14.8 Å². The Morgan fingerprint density at radius 2 is 1.65 bits per heavy atom. The third-order valence-corrected chi connectivity index (χ3v) is 6.74. The molecule has 3 heterocycles. The van der Waals surface area contributed by atoms with Crippen LogP contribution in [0.4, 0.5) is 13.2 Å². The molecule has 0 bridgehead atoms. The minimum Gasteiger partial charge on any atom is -0.381 e. The normalized spacial score (nSPS) is 20.6. The predicted octanol–water partition coefficient (Wildman–Crippen LogP) is 4.40. The Kier molecular flexibility index (Phi) is 6.94. The summed E-state index contributed by atoms with van der Waals surface area (Å²) in [5.41, 5.74) is 0.748. The highest BCUT2D eigenvalue weighted by Crippen LogP contribution is 2.36. The van der Waals surface area contributed by atoms with Crippen LogP contribution in [0.25, 0.3) is 0 Å². The summed E-state index contributed by atoms with van der Waals surface area (Å²) in [5.74, 6) is 0. The Bertz CT molecular complexity index is 829. The van der Waals surface area contributed by atoms with E-state index in [-0.39, 0.29) is 11.2 Å². The number of halogens is 3. The maximum Gasteiger partial charge on any atom is 0.418 e. The number of aromatic nitrogens is 1. The second-order valence-corrected chi connectivity index (χ2v) is 8.58. The van der Waals surface area contributed by atoms with Crippen LogP contribution in [0.1, 0.15) is 36.1 Å². The number of aryl methyl sites for hydroxylation is 1. The fraction of sp³-hybridized carbons (Fsp3) is 0.542. The van der Waals surface area contributed by atoms with E-state index in [1.807, 2.05) is 6.07 Å². The van der Waals surface area contributed by atoms with E-state index in [1.165, 1.54) is 17.8 Å². The number of hydrogen-bond acceptors (Lipinski definition) is 4. The third-order valence-electron chi connectivity index (χ3n) is 6.74. The summed E-state index contributed by atoms with van der Waals surface area (Å²) in [6.07, 6.45) is -0.173. The van der Waals surface area contributed by atoms with Gasteiger partial charge in [0.2, 0.25) is 0 Å². The van der Waals surface area contributed by atoms with Crippen molar-refractivity contribution >= 4 is 0 Å². The minimum atomic E-state index is -4.37. The van der Waals surface area contributed by atoms with Gasteiger partial charge in [0, 0.05) is 57.7 Å².